The lowest BCUT2D eigenvalue weighted by Crippen LogP contribution is -2.28. The Morgan fingerprint density at radius 3 is 2.90 bits per heavy atom. The Morgan fingerprint density at radius 2 is 2.10 bits per heavy atom. The van der Waals surface area contributed by atoms with Gasteiger partial charge in [0.2, 0.25) is 0 Å². The first kappa shape index (κ1) is 14.8. The van der Waals surface area contributed by atoms with Crippen LogP contribution in [0.5, 0.6) is 5.75 Å². The van der Waals surface area contributed by atoms with E-state index in [1.165, 1.54) is 6.42 Å². The Morgan fingerprint density at radius 1 is 1.20 bits per heavy atom. The maximum Gasteiger partial charge on any atom is 0.128 e. The quantitative estimate of drug-likeness (QED) is 0.743. The maximum absolute atomic E-state index is 5.92. The molecule has 0 spiro atoms. The second-order valence-corrected chi connectivity index (χ2v) is 4.98. The van der Waals surface area contributed by atoms with Crippen molar-refractivity contribution < 1.29 is 4.74 Å². The van der Waals surface area contributed by atoms with Crippen molar-refractivity contribution >= 4 is 10.9 Å². The molecule has 0 aliphatic heterocycles. The van der Waals surface area contributed by atoms with E-state index in [2.05, 4.69) is 30.2 Å². The number of hydrogen-bond acceptors (Lipinski definition) is 3. The first-order valence-electron chi connectivity index (χ1n) is 7.55. The van der Waals surface area contributed by atoms with E-state index in [0.717, 1.165) is 42.6 Å². The third-order valence-corrected chi connectivity index (χ3v) is 3.55. The molecular weight excluding hydrogens is 248 g/mol. The molecule has 1 aromatic heterocycles. The molecule has 0 fully saturated rings. The molecule has 2 aromatic rings. The van der Waals surface area contributed by atoms with Crippen molar-refractivity contribution in [2.75, 3.05) is 13.2 Å². The summed E-state index contributed by atoms with van der Waals surface area (Å²) >= 11 is 0. The van der Waals surface area contributed by atoms with Gasteiger partial charge in [-0.05, 0) is 50.1 Å². The van der Waals surface area contributed by atoms with Crippen LogP contribution in [0.2, 0.25) is 0 Å². The van der Waals surface area contributed by atoms with Crippen LogP contribution in [0, 0.1) is 0 Å². The lowest BCUT2D eigenvalue weighted by Gasteiger charge is -2.16. The van der Waals surface area contributed by atoms with Crippen LogP contribution in [0.15, 0.2) is 36.5 Å². The smallest absolute Gasteiger partial charge is 0.128 e. The number of nitrogens with one attached hydrogen (secondary N) is 1. The fourth-order valence-corrected chi connectivity index (χ4v) is 2.45. The van der Waals surface area contributed by atoms with E-state index in [1.807, 2.05) is 30.5 Å². The molecule has 1 N–H and O–H groups in total. The third kappa shape index (κ3) is 3.94. The highest BCUT2D eigenvalue weighted by atomic mass is 16.5. The van der Waals surface area contributed by atoms with Gasteiger partial charge < -0.3 is 10.1 Å². The molecule has 0 saturated heterocycles. The highest BCUT2D eigenvalue weighted by Gasteiger charge is 2.05. The summed E-state index contributed by atoms with van der Waals surface area (Å²) in [5.41, 5.74) is 0.990. The van der Waals surface area contributed by atoms with Crippen molar-refractivity contribution in [1.82, 2.24) is 10.3 Å². The molecule has 1 heterocycles. The van der Waals surface area contributed by atoms with E-state index in [-0.39, 0.29) is 0 Å². The second-order valence-electron chi connectivity index (χ2n) is 4.98. The predicted octanol–water partition coefficient (Wildman–Crippen LogP) is 3.78. The van der Waals surface area contributed by atoms with Crippen molar-refractivity contribution in [3.8, 4) is 5.75 Å². The van der Waals surface area contributed by atoms with Crippen LogP contribution in [-0.2, 0) is 0 Å². The van der Waals surface area contributed by atoms with Crippen molar-refractivity contribution in [2.24, 2.45) is 0 Å². The fraction of sp³-hybridized carbons (Fsp3) is 0.471. The minimum absolute atomic E-state index is 0.609. The topological polar surface area (TPSA) is 34.1 Å². The zero-order chi connectivity index (χ0) is 14.2. The Labute approximate surface area is 121 Å². The van der Waals surface area contributed by atoms with Crippen LogP contribution >= 0.6 is 0 Å². The van der Waals surface area contributed by atoms with Gasteiger partial charge >= 0.3 is 0 Å². The molecule has 0 radical (unpaired) electrons. The van der Waals surface area contributed by atoms with Gasteiger partial charge in [0, 0.05) is 17.6 Å². The molecule has 20 heavy (non-hydrogen) atoms. The SMILES string of the molecule is CCNC(CC)CCCOc1cccc2ncccc12. The molecule has 1 atom stereocenters. The van der Waals surface area contributed by atoms with Crippen LogP contribution < -0.4 is 10.1 Å². The highest BCUT2D eigenvalue weighted by Crippen LogP contribution is 2.23. The van der Waals surface area contributed by atoms with E-state index < -0.39 is 0 Å². The number of fused-ring (bicyclic) bond motifs is 1. The predicted molar refractivity (Wildman–Crippen MR) is 84.2 cm³/mol. The summed E-state index contributed by atoms with van der Waals surface area (Å²) in [7, 11) is 0. The van der Waals surface area contributed by atoms with Crippen LogP contribution in [0.3, 0.4) is 0 Å². The monoisotopic (exact) mass is 272 g/mol. The Hall–Kier alpha value is -1.61. The van der Waals surface area contributed by atoms with Crippen LogP contribution in [-0.4, -0.2) is 24.2 Å². The van der Waals surface area contributed by atoms with E-state index >= 15 is 0 Å². The lowest BCUT2D eigenvalue weighted by molar-refractivity contribution is 0.298. The van der Waals surface area contributed by atoms with E-state index in [9.17, 15) is 0 Å². The van der Waals surface area contributed by atoms with E-state index in [1.54, 1.807) is 0 Å². The van der Waals surface area contributed by atoms with Gasteiger partial charge in [0.05, 0.1) is 12.1 Å². The first-order chi connectivity index (χ1) is 9.85. The number of rotatable bonds is 8. The average molecular weight is 272 g/mol. The average Bonchev–Trinajstić information content (AvgIpc) is 2.50. The van der Waals surface area contributed by atoms with Crippen molar-refractivity contribution in [3.05, 3.63) is 36.5 Å². The number of aromatic nitrogens is 1. The van der Waals surface area contributed by atoms with Gasteiger partial charge in [-0.2, -0.15) is 0 Å². The van der Waals surface area contributed by atoms with Gasteiger partial charge in [-0.25, -0.2) is 0 Å². The van der Waals surface area contributed by atoms with Gasteiger partial charge in [-0.15, -0.1) is 0 Å². The van der Waals surface area contributed by atoms with Crippen LogP contribution in [0.4, 0.5) is 0 Å². The van der Waals surface area contributed by atoms with Crippen molar-refractivity contribution in [3.63, 3.8) is 0 Å². The molecule has 1 unspecified atom stereocenters. The largest absolute Gasteiger partial charge is 0.493 e. The summed E-state index contributed by atoms with van der Waals surface area (Å²) in [4.78, 5) is 4.35. The molecule has 108 valence electrons. The zero-order valence-corrected chi connectivity index (χ0v) is 12.4. The Balaban J connectivity index is 1.87. The molecule has 0 bridgehead atoms. The lowest BCUT2D eigenvalue weighted by atomic mass is 10.1. The van der Waals surface area contributed by atoms with Gasteiger partial charge in [0.1, 0.15) is 5.75 Å². The van der Waals surface area contributed by atoms with Gasteiger partial charge in [0.25, 0.3) is 0 Å². The minimum atomic E-state index is 0.609. The molecule has 3 heteroatoms. The third-order valence-electron chi connectivity index (χ3n) is 3.55. The van der Waals surface area contributed by atoms with E-state index in [4.69, 9.17) is 4.74 Å². The normalized spacial score (nSPS) is 12.5. The summed E-state index contributed by atoms with van der Waals surface area (Å²) in [5, 5.41) is 4.59. The Bertz CT molecular complexity index is 522. The number of ether oxygens (including phenoxy) is 1. The highest BCUT2D eigenvalue weighted by molar-refractivity contribution is 5.84. The summed E-state index contributed by atoms with van der Waals surface area (Å²) in [6, 6.07) is 10.7. The zero-order valence-electron chi connectivity index (χ0n) is 12.4. The van der Waals surface area contributed by atoms with Crippen molar-refractivity contribution in [1.29, 1.82) is 0 Å². The van der Waals surface area contributed by atoms with Crippen LogP contribution in [0.1, 0.15) is 33.1 Å². The molecular formula is C17H24N2O. The molecule has 3 nitrogen and oxygen atoms in total. The minimum Gasteiger partial charge on any atom is -0.493 e. The fourth-order valence-electron chi connectivity index (χ4n) is 2.45. The number of nitrogens with zero attached hydrogens (tertiary/aromatic N) is 1. The van der Waals surface area contributed by atoms with Gasteiger partial charge in [-0.1, -0.05) is 19.9 Å². The number of pyridine rings is 1. The second kappa shape index (κ2) is 7.85. The Kier molecular flexibility index (Phi) is 5.81. The summed E-state index contributed by atoms with van der Waals surface area (Å²) < 4.78 is 5.92. The standard InChI is InChI=1S/C17H24N2O/c1-3-14(18-4-2)8-7-13-20-17-11-5-10-16-15(17)9-6-12-19-16/h5-6,9-12,14,18H,3-4,7-8,13H2,1-2H3. The first-order valence-corrected chi connectivity index (χ1v) is 7.55. The summed E-state index contributed by atoms with van der Waals surface area (Å²) in [5.74, 6) is 0.937. The maximum atomic E-state index is 5.92. The number of benzene rings is 1. The summed E-state index contributed by atoms with van der Waals surface area (Å²) in [6.45, 7) is 6.18. The van der Waals surface area contributed by atoms with Crippen molar-refractivity contribution in [2.45, 2.75) is 39.2 Å². The molecule has 0 aliphatic rings. The van der Waals surface area contributed by atoms with Gasteiger partial charge in [-0.3, -0.25) is 4.98 Å². The van der Waals surface area contributed by atoms with E-state index in [0.29, 0.717) is 6.04 Å². The van der Waals surface area contributed by atoms with Gasteiger partial charge in [0.15, 0.2) is 0 Å². The molecule has 0 aliphatic carbocycles. The summed E-state index contributed by atoms with van der Waals surface area (Å²) in [6.07, 6.45) is 5.22. The number of hydrogen-bond donors (Lipinski definition) is 1. The molecule has 0 amide bonds. The molecule has 2 rings (SSSR count). The molecule has 1 aromatic carbocycles. The van der Waals surface area contributed by atoms with Crippen LogP contribution in [0.25, 0.3) is 10.9 Å². The molecule has 0 saturated carbocycles.